The van der Waals surface area contributed by atoms with Crippen molar-refractivity contribution < 1.29 is 4.79 Å². The fourth-order valence-electron chi connectivity index (χ4n) is 1.21. The highest BCUT2D eigenvalue weighted by atomic mass is 79.9. The Labute approximate surface area is 83.5 Å². The smallest absolute Gasteiger partial charge is 0.171 e. The SMILES string of the molecule is Cc1ccn2c(Br)c(C=O)nc2c1. The molecule has 2 rings (SSSR count). The first-order valence-corrected chi connectivity index (χ1v) is 4.61. The van der Waals surface area contributed by atoms with E-state index in [1.54, 1.807) is 0 Å². The lowest BCUT2D eigenvalue weighted by Gasteiger charge is -1.95. The number of carbonyl (C=O) groups excluding carboxylic acids is 1. The van der Waals surface area contributed by atoms with Crippen LogP contribution in [0, 0.1) is 6.92 Å². The van der Waals surface area contributed by atoms with Gasteiger partial charge in [-0.1, -0.05) is 0 Å². The minimum atomic E-state index is 0.436. The summed E-state index contributed by atoms with van der Waals surface area (Å²) in [6.45, 7) is 1.99. The molecule has 0 aromatic carbocycles. The summed E-state index contributed by atoms with van der Waals surface area (Å²) in [7, 11) is 0. The van der Waals surface area contributed by atoms with Gasteiger partial charge in [-0.2, -0.15) is 0 Å². The third-order valence-corrected chi connectivity index (χ3v) is 2.65. The van der Waals surface area contributed by atoms with E-state index < -0.39 is 0 Å². The van der Waals surface area contributed by atoms with Crippen molar-refractivity contribution in [3.8, 4) is 0 Å². The average molecular weight is 239 g/mol. The Hall–Kier alpha value is -1.16. The molecule has 0 bridgehead atoms. The molecule has 13 heavy (non-hydrogen) atoms. The van der Waals surface area contributed by atoms with Crippen LogP contribution in [0.4, 0.5) is 0 Å². The number of imidazole rings is 1. The highest BCUT2D eigenvalue weighted by Gasteiger charge is 2.07. The lowest BCUT2D eigenvalue weighted by Crippen LogP contribution is -1.84. The molecule has 0 N–H and O–H groups in total. The quantitative estimate of drug-likeness (QED) is 0.715. The number of fused-ring (bicyclic) bond motifs is 1. The molecule has 66 valence electrons. The van der Waals surface area contributed by atoms with Gasteiger partial charge in [-0.25, -0.2) is 4.98 Å². The predicted molar refractivity (Wildman–Crippen MR) is 53.0 cm³/mol. The van der Waals surface area contributed by atoms with Crippen LogP contribution in [0.15, 0.2) is 22.9 Å². The summed E-state index contributed by atoms with van der Waals surface area (Å²) in [5.74, 6) is 0. The van der Waals surface area contributed by atoms with Gasteiger partial charge in [0.1, 0.15) is 15.9 Å². The number of aryl methyl sites for hydroxylation is 1. The van der Waals surface area contributed by atoms with Crippen molar-refractivity contribution in [2.75, 3.05) is 0 Å². The van der Waals surface area contributed by atoms with Crippen molar-refractivity contribution in [1.29, 1.82) is 0 Å². The van der Waals surface area contributed by atoms with Gasteiger partial charge in [0.15, 0.2) is 6.29 Å². The molecule has 2 aromatic heterocycles. The molecule has 0 spiro atoms. The standard InChI is InChI=1S/C9H7BrN2O/c1-6-2-3-12-8(4-6)11-7(5-13)9(12)10/h2-5H,1H3. The molecule has 2 heterocycles. The number of halogens is 1. The normalized spacial score (nSPS) is 10.6. The van der Waals surface area contributed by atoms with Crippen LogP contribution < -0.4 is 0 Å². The summed E-state index contributed by atoms with van der Waals surface area (Å²) >= 11 is 3.31. The van der Waals surface area contributed by atoms with E-state index in [1.165, 1.54) is 0 Å². The van der Waals surface area contributed by atoms with Gasteiger partial charge in [-0.05, 0) is 40.5 Å². The highest BCUT2D eigenvalue weighted by Crippen LogP contribution is 2.17. The molecule has 0 atom stereocenters. The van der Waals surface area contributed by atoms with Crippen molar-refractivity contribution >= 4 is 27.9 Å². The molecule has 0 aliphatic heterocycles. The Morgan fingerprint density at radius 3 is 3.08 bits per heavy atom. The second kappa shape index (κ2) is 2.96. The molecule has 4 heteroatoms. The Morgan fingerprint density at radius 1 is 1.62 bits per heavy atom. The van der Waals surface area contributed by atoms with Gasteiger partial charge >= 0.3 is 0 Å². The highest BCUT2D eigenvalue weighted by molar-refractivity contribution is 9.10. The zero-order valence-electron chi connectivity index (χ0n) is 6.99. The molecule has 0 aliphatic rings. The van der Waals surface area contributed by atoms with Gasteiger partial charge in [0.25, 0.3) is 0 Å². The van der Waals surface area contributed by atoms with Crippen LogP contribution in [0.2, 0.25) is 0 Å². The number of nitrogens with zero attached hydrogens (tertiary/aromatic N) is 2. The van der Waals surface area contributed by atoms with Crippen LogP contribution in [0.5, 0.6) is 0 Å². The monoisotopic (exact) mass is 238 g/mol. The first-order chi connectivity index (χ1) is 6.22. The summed E-state index contributed by atoms with van der Waals surface area (Å²) in [6, 6.07) is 3.89. The molecule has 3 nitrogen and oxygen atoms in total. The van der Waals surface area contributed by atoms with Crippen molar-refractivity contribution in [2.24, 2.45) is 0 Å². The van der Waals surface area contributed by atoms with E-state index in [-0.39, 0.29) is 0 Å². The first-order valence-electron chi connectivity index (χ1n) is 3.82. The van der Waals surface area contributed by atoms with Crippen LogP contribution in [0.25, 0.3) is 5.65 Å². The fraction of sp³-hybridized carbons (Fsp3) is 0.111. The van der Waals surface area contributed by atoms with E-state index >= 15 is 0 Å². The van der Waals surface area contributed by atoms with Crippen molar-refractivity contribution in [3.05, 3.63) is 34.2 Å². The van der Waals surface area contributed by atoms with Crippen LogP contribution in [0.1, 0.15) is 16.1 Å². The van der Waals surface area contributed by atoms with E-state index in [1.807, 2.05) is 29.7 Å². The lowest BCUT2D eigenvalue weighted by atomic mass is 10.3. The first kappa shape index (κ1) is 8.44. The summed E-state index contributed by atoms with van der Waals surface area (Å²) in [6.07, 6.45) is 2.63. The molecule has 0 aliphatic carbocycles. The number of hydrogen-bond acceptors (Lipinski definition) is 2. The topological polar surface area (TPSA) is 34.4 Å². The van der Waals surface area contributed by atoms with Crippen molar-refractivity contribution in [3.63, 3.8) is 0 Å². The van der Waals surface area contributed by atoms with Crippen molar-refractivity contribution in [2.45, 2.75) is 6.92 Å². The minimum absolute atomic E-state index is 0.436. The van der Waals surface area contributed by atoms with E-state index in [2.05, 4.69) is 20.9 Å². The average Bonchev–Trinajstić information content (AvgIpc) is 2.42. The van der Waals surface area contributed by atoms with E-state index in [9.17, 15) is 4.79 Å². The minimum Gasteiger partial charge on any atom is -0.296 e. The summed E-state index contributed by atoms with van der Waals surface area (Å²) < 4.78 is 2.54. The third kappa shape index (κ3) is 1.27. The lowest BCUT2D eigenvalue weighted by molar-refractivity contribution is 0.111. The Bertz CT molecular complexity index is 476. The number of pyridine rings is 1. The largest absolute Gasteiger partial charge is 0.296 e. The van der Waals surface area contributed by atoms with Crippen LogP contribution >= 0.6 is 15.9 Å². The molecule has 0 saturated heterocycles. The summed E-state index contributed by atoms with van der Waals surface area (Å²) in [4.78, 5) is 14.7. The van der Waals surface area contributed by atoms with E-state index in [4.69, 9.17) is 0 Å². The molecule has 0 unspecified atom stereocenters. The zero-order chi connectivity index (χ0) is 9.42. The fourth-order valence-corrected chi connectivity index (χ4v) is 1.69. The zero-order valence-corrected chi connectivity index (χ0v) is 8.58. The number of aldehydes is 1. The number of aromatic nitrogens is 2. The maximum atomic E-state index is 10.6. The van der Waals surface area contributed by atoms with Gasteiger partial charge < -0.3 is 0 Å². The van der Waals surface area contributed by atoms with Crippen LogP contribution in [-0.2, 0) is 0 Å². The number of hydrogen-bond donors (Lipinski definition) is 0. The summed E-state index contributed by atoms with van der Waals surface area (Å²) in [5.41, 5.74) is 2.35. The molecule has 0 amide bonds. The second-order valence-electron chi connectivity index (χ2n) is 2.84. The Morgan fingerprint density at radius 2 is 2.38 bits per heavy atom. The van der Waals surface area contributed by atoms with Crippen LogP contribution in [0.3, 0.4) is 0 Å². The molecule has 2 aromatic rings. The van der Waals surface area contributed by atoms with Crippen molar-refractivity contribution in [1.82, 2.24) is 9.38 Å². The van der Waals surface area contributed by atoms with E-state index in [0.29, 0.717) is 10.3 Å². The Kier molecular flexibility index (Phi) is 1.92. The number of rotatable bonds is 1. The molecule has 0 radical (unpaired) electrons. The van der Waals surface area contributed by atoms with E-state index in [0.717, 1.165) is 17.5 Å². The molecular formula is C9H7BrN2O. The maximum absolute atomic E-state index is 10.6. The summed E-state index contributed by atoms with van der Waals surface area (Å²) in [5, 5.41) is 0. The maximum Gasteiger partial charge on any atom is 0.171 e. The molecule has 0 fully saturated rings. The third-order valence-electron chi connectivity index (χ3n) is 1.86. The van der Waals surface area contributed by atoms with Gasteiger partial charge in [0, 0.05) is 6.20 Å². The van der Waals surface area contributed by atoms with Crippen LogP contribution in [-0.4, -0.2) is 15.7 Å². The van der Waals surface area contributed by atoms with Gasteiger partial charge in [-0.15, -0.1) is 0 Å². The number of carbonyl (C=O) groups is 1. The molecule has 0 saturated carbocycles. The molecular weight excluding hydrogens is 232 g/mol. The second-order valence-corrected chi connectivity index (χ2v) is 3.59. The predicted octanol–water partition coefficient (Wildman–Crippen LogP) is 2.22. The van der Waals surface area contributed by atoms with Gasteiger partial charge in [0.05, 0.1) is 0 Å². The van der Waals surface area contributed by atoms with Gasteiger partial charge in [-0.3, -0.25) is 9.20 Å². The Balaban J connectivity index is 2.83. The van der Waals surface area contributed by atoms with Gasteiger partial charge in [0.2, 0.25) is 0 Å².